The molecule has 0 aliphatic heterocycles. The molecule has 0 aliphatic rings. The molecule has 1 aromatic rings. The number of nitrogens with two attached hydrogens (primary N) is 1. The molecule has 2 N–H and O–H groups in total. The van der Waals surface area contributed by atoms with Gasteiger partial charge in [-0.25, -0.2) is 4.39 Å². The maximum atomic E-state index is 13.1. The van der Waals surface area contributed by atoms with Crippen LogP contribution in [0.5, 0.6) is 0 Å². The van der Waals surface area contributed by atoms with Gasteiger partial charge in [-0.2, -0.15) is 0 Å². The number of halogens is 3. The Hall–Kier alpha value is -0.440. The van der Waals surface area contributed by atoms with Crippen molar-refractivity contribution in [2.24, 2.45) is 0 Å². The van der Waals surface area contributed by atoms with E-state index >= 15 is 0 Å². The van der Waals surface area contributed by atoms with Crippen LogP contribution in [0.3, 0.4) is 0 Å². The molecular formula is C6H3BrFIN2O2. The maximum Gasteiger partial charge on any atom is 0.294 e. The van der Waals surface area contributed by atoms with Crippen LogP contribution in [0.25, 0.3) is 0 Å². The molecule has 4 nitrogen and oxygen atoms in total. The second kappa shape index (κ2) is 3.74. The summed E-state index contributed by atoms with van der Waals surface area (Å²) in [6.45, 7) is 0. The highest BCUT2D eigenvalue weighted by molar-refractivity contribution is 14.1. The summed E-state index contributed by atoms with van der Waals surface area (Å²) in [4.78, 5) is 9.77. The first-order chi connectivity index (χ1) is 5.95. The predicted octanol–water partition coefficient (Wildman–Crippen LogP) is 2.68. The fourth-order valence-electron chi connectivity index (χ4n) is 0.748. The SMILES string of the molecule is Nc1c([N+](=O)[O-])cc(I)c(F)c1Br. The van der Waals surface area contributed by atoms with Crippen molar-refractivity contribution >= 4 is 49.9 Å². The molecule has 70 valence electrons. The van der Waals surface area contributed by atoms with Crippen LogP contribution in [0.4, 0.5) is 15.8 Å². The van der Waals surface area contributed by atoms with Crippen LogP contribution in [-0.4, -0.2) is 4.92 Å². The van der Waals surface area contributed by atoms with Crippen molar-refractivity contribution in [1.29, 1.82) is 0 Å². The highest BCUT2D eigenvalue weighted by atomic mass is 127. The van der Waals surface area contributed by atoms with Gasteiger partial charge in [-0.15, -0.1) is 0 Å². The monoisotopic (exact) mass is 360 g/mol. The zero-order valence-corrected chi connectivity index (χ0v) is 9.80. The van der Waals surface area contributed by atoms with Crippen molar-refractivity contribution < 1.29 is 9.31 Å². The highest BCUT2D eigenvalue weighted by Crippen LogP contribution is 2.34. The number of nitro groups is 1. The first kappa shape index (κ1) is 10.6. The second-order valence-electron chi connectivity index (χ2n) is 2.18. The zero-order valence-electron chi connectivity index (χ0n) is 6.05. The van der Waals surface area contributed by atoms with Crippen LogP contribution in [0.1, 0.15) is 0 Å². The predicted molar refractivity (Wildman–Crippen MR) is 57.9 cm³/mol. The van der Waals surface area contributed by atoms with Gasteiger partial charge in [0.1, 0.15) is 5.69 Å². The number of anilines is 1. The third kappa shape index (κ3) is 1.90. The molecule has 0 radical (unpaired) electrons. The van der Waals surface area contributed by atoms with Gasteiger partial charge in [0, 0.05) is 6.07 Å². The van der Waals surface area contributed by atoms with Gasteiger partial charge < -0.3 is 5.73 Å². The fraction of sp³-hybridized carbons (Fsp3) is 0. The highest BCUT2D eigenvalue weighted by Gasteiger charge is 2.20. The lowest BCUT2D eigenvalue weighted by Gasteiger charge is -2.02. The molecule has 1 rings (SSSR count). The molecule has 0 saturated heterocycles. The zero-order chi connectivity index (χ0) is 10.2. The van der Waals surface area contributed by atoms with Gasteiger partial charge >= 0.3 is 0 Å². The van der Waals surface area contributed by atoms with E-state index in [0.29, 0.717) is 0 Å². The maximum absolute atomic E-state index is 13.1. The minimum absolute atomic E-state index is 0.0638. The number of rotatable bonds is 1. The minimum Gasteiger partial charge on any atom is -0.392 e. The van der Waals surface area contributed by atoms with E-state index < -0.39 is 10.7 Å². The van der Waals surface area contributed by atoms with E-state index in [4.69, 9.17) is 5.73 Å². The van der Waals surface area contributed by atoms with Crippen LogP contribution in [0, 0.1) is 19.5 Å². The van der Waals surface area contributed by atoms with Crippen molar-refractivity contribution in [2.75, 3.05) is 5.73 Å². The summed E-state index contributed by atoms with van der Waals surface area (Å²) in [7, 11) is 0. The molecule has 0 amide bonds. The van der Waals surface area contributed by atoms with Crippen molar-refractivity contribution in [3.63, 3.8) is 0 Å². The van der Waals surface area contributed by atoms with Crippen molar-refractivity contribution in [2.45, 2.75) is 0 Å². The summed E-state index contributed by atoms with van der Waals surface area (Å²) in [5, 5.41) is 10.4. The Balaban J connectivity index is 3.50. The van der Waals surface area contributed by atoms with Crippen LogP contribution >= 0.6 is 38.5 Å². The van der Waals surface area contributed by atoms with E-state index in [1.165, 1.54) is 0 Å². The molecule has 0 saturated carbocycles. The van der Waals surface area contributed by atoms with E-state index in [1.54, 1.807) is 22.6 Å². The fourth-order valence-corrected chi connectivity index (χ4v) is 2.10. The molecule has 0 atom stereocenters. The van der Waals surface area contributed by atoms with Crippen LogP contribution in [0.15, 0.2) is 10.5 Å². The Bertz CT molecular complexity index is 385. The number of nitrogens with zero attached hydrogens (tertiary/aromatic N) is 1. The standard InChI is InChI=1S/C6H3BrFIN2O2/c7-4-5(8)2(9)1-3(6(4)10)11(12)13/h1H,10H2. The Kier molecular flexibility index (Phi) is 3.06. The summed E-state index contributed by atoms with van der Waals surface area (Å²) in [6.07, 6.45) is 0. The second-order valence-corrected chi connectivity index (χ2v) is 4.13. The largest absolute Gasteiger partial charge is 0.392 e. The number of nitro benzene ring substituents is 1. The normalized spacial score (nSPS) is 10.1. The van der Waals surface area contributed by atoms with Gasteiger partial charge in [-0.1, -0.05) is 0 Å². The number of hydrogen-bond acceptors (Lipinski definition) is 3. The lowest BCUT2D eigenvalue weighted by atomic mass is 10.3. The molecule has 0 spiro atoms. The molecule has 0 bridgehead atoms. The summed E-state index contributed by atoms with van der Waals surface area (Å²) < 4.78 is 13.2. The molecule has 0 aliphatic carbocycles. The Labute approximate surface area is 94.7 Å². The third-order valence-electron chi connectivity index (χ3n) is 1.37. The first-order valence-electron chi connectivity index (χ1n) is 3.02. The quantitative estimate of drug-likeness (QED) is 0.275. The molecule has 13 heavy (non-hydrogen) atoms. The average Bonchev–Trinajstić information content (AvgIpc) is 2.07. The molecule has 0 aromatic heterocycles. The minimum atomic E-state index is -0.651. The molecule has 0 fully saturated rings. The topological polar surface area (TPSA) is 69.2 Å². The summed E-state index contributed by atoms with van der Waals surface area (Å²) in [6, 6.07) is 1.09. The summed E-state index contributed by atoms with van der Waals surface area (Å²) >= 11 is 4.50. The first-order valence-corrected chi connectivity index (χ1v) is 4.89. The van der Waals surface area contributed by atoms with Gasteiger partial charge in [0.25, 0.3) is 5.69 Å². The van der Waals surface area contributed by atoms with E-state index in [9.17, 15) is 14.5 Å². The molecular weight excluding hydrogens is 358 g/mol. The average molecular weight is 361 g/mol. The summed E-state index contributed by atoms with van der Waals surface area (Å²) in [5.41, 5.74) is 4.84. The van der Waals surface area contributed by atoms with E-state index in [1.807, 2.05) is 0 Å². The van der Waals surface area contributed by atoms with Crippen molar-refractivity contribution in [1.82, 2.24) is 0 Å². The molecule has 7 heteroatoms. The van der Waals surface area contributed by atoms with Gasteiger partial charge in [0.05, 0.1) is 13.0 Å². The number of hydrogen-bond donors (Lipinski definition) is 1. The van der Waals surface area contributed by atoms with Crippen molar-refractivity contribution in [3.05, 3.63) is 30.0 Å². The molecule has 0 unspecified atom stereocenters. The Morgan fingerprint density at radius 2 is 2.23 bits per heavy atom. The Morgan fingerprint density at radius 3 is 2.69 bits per heavy atom. The number of benzene rings is 1. The Morgan fingerprint density at radius 1 is 1.69 bits per heavy atom. The van der Waals surface area contributed by atoms with Gasteiger partial charge in [-0.3, -0.25) is 10.1 Å². The van der Waals surface area contributed by atoms with E-state index in [0.717, 1.165) is 6.07 Å². The summed E-state index contributed by atoms with van der Waals surface area (Å²) in [5.74, 6) is -0.580. The number of nitrogen functional groups attached to an aromatic ring is 1. The lowest BCUT2D eigenvalue weighted by molar-refractivity contribution is -0.384. The smallest absolute Gasteiger partial charge is 0.294 e. The molecule has 1 aromatic carbocycles. The van der Waals surface area contributed by atoms with Crippen LogP contribution < -0.4 is 5.73 Å². The van der Waals surface area contributed by atoms with Gasteiger partial charge in [-0.05, 0) is 38.5 Å². The van der Waals surface area contributed by atoms with Crippen LogP contribution in [0.2, 0.25) is 0 Å². The van der Waals surface area contributed by atoms with E-state index in [2.05, 4.69) is 15.9 Å². The van der Waals surface area contributed by atoms with E-state index in [-0.39, 0.29) is 19.4 Å². The van der Waals surface area contributed by atoms with Crippen molar-refractivity contribution in [3.8, 4) is 0 Å². The van der Waals surface area contributed by atoms with Gasteiger partial charge in [0.15, 0.2) is 5.82 Å². The van der Waals surface area contributed by atoms with Crippen LogP contribution in [-0.2, 0) is 0 Å². The van der Waals surface area contributed by atoms with Gasteiger partial charge in [0.2, 0.25) is 0 Å². The molecule has 0 heterocycles. The third-order valence-corrected chi connectivity index (χ3v) is 2.94. The lowest BCUT2D eigenvalue weighted by Crippen LogP contribution is -2.00.